The number of aromatic hydroxyl groups is 1. The first-order chi connectivity index (χ1) is 11.2. The molecule has 128 valence electrons. The van der Waals surface area contributed by atoms with Crippen LogP contribution in [0.3, 0.4) is 0 Å². The molecule has 0 saturated carbocycles. The fourth-order valence-electron chi connectivity index (χ4n) is 1.84. The minimum Gasteiger partial charge on any atom is -0.506 e. The topological polar surface area (TPSA) is 88.0 Å². The summed E-state index contributed by atoms with van der Waals surface area (Å²) < 4.78 is 29.4. The number of nitrogens with zero attached hydrogens (tertiary/aromatic N) is 1. The van der Waals surface area contributed by atoms with E-state index in [-0.39, 0.29) is 26.9 Å². The molecule has 2 aromatic rings. The lowest BCUT2D eigenvalue weighted by Crippen LogP contribution is -2.20. The zero-order chi connectivity index (χ0) is 17.9. The van der Waals surface area contributed by atoms with Gasteiger partial charge in [-0.05, 0) is 43.3 Å². The van der Waals surface area contributed by atoms with Crippen molar-refractivity contribution in [3.63, 3.8) is 0 Å². The van der Waals surface area contributed by atoms with Gasteiger partial charge in [-0.25, -0.2) is 0 Å². The van der Waals surface area contributed by atoms with Gasteiger partial charge in [-0.15, -0.1) is 0 Å². The molecule has 0 saturated heterocycles. The molecule has 24 heavy (non-hydrogen) atoms. The molecule has 0 radical (unpaired) electrons. The van der Waals surface area contributed by atoms with Crippen LogP contribution in [-0.2, 0) is 10.0 Å². The van der Waals surface area contributed by atoms with Gasteiger partial charge >= 0.3 is 0 Å². The average Bonchev–Trinajstić information content (AvgIpc) is 2.56. The number of sulfonamides is 1. The highest BCUT2D eigenvalue weighted by molar-refractivity contribution is 7.89. The van der Waals surface area contributed by atoms with Gasteiger partial charge in [-0.1, -0.05) is 23.2 Å². The highest BCUT2D eigenvalue weighted by Gasteiger charge is 2.15. The predicted molar refractivity (Wildman–Crippen MR) is 93.7 cm³/mol. The SMILES string of the molecule is COc1ccc(S(=O)(=O)N/N=C(/C)c2cc(Cl)cc(Cl)c2O)cc1. The zero-order valence-corrected chi connectivity index (χ0v) is 15.1. The van der Waals surface area contributed by atoms with Gasteiger partial charge in [-0.2, -0.15) is 18.4 Å². The summed E-state index contributed by atoms with van der Waals surface area (Å²) in [6, 6.07) is 8.63. The quantitative estimate of drug-likeness (QED) is 0.606. The second-order valence-corrected chi connectivity index (χ2v) is 7.26. The van der Waals surface area contributed by atoms with E-state index in [0.29, 0.717) is 10.8 Å². The van der Waals surface area contributed by atoms with Crippen LogP contribution in [0.5, 0.6) is 11.5 Å². The fraction of sp³-hybridized carbons (Fsp3) is 0.133. The number of phenols is 1. The summed E-state index contributed by atoms with van der Waals surface area (Å²) >= 11 is 11.7. The average molecular weight is 389 g/mol. The van der Waals surface area contributed by atoms with E-state index in [9.17, 15) is 13.5 Å². The molecule has 0 heterocycles. The number of methoxy groups -OCH3 is 1. The van der Waals surface area contributed by atoms with Gasteiger partial charge in [-0.3, -0.25) is 0 Å². The lowest BCUT2D eigenvalue weighted by molar-refractivity contribution is 0.414. The van der Waals surface area contributed by atoms with Crippen molar-refractivity contribution in [2.45, 2.75) is 11.8 Å². The Labute approximate surface area is 149 Å². The molecular formula is C15H14Cl2N2O4S. The van der Waals surface area contributed by atoms with Gasteiger partial charge in [0.15, 0.2) is 0 Å². The van der Waals surface area contributed by atoms with Gasteiger partial charge in [0.1, 0.15) is 11.5 Å². The van der Waals surface area contributed by atoms with Crippen LogP contribution in [0.4, 0.5) is 0 Å². The maximum Gasteiger partial charge on any atom is 0.276 e. The summed E-state index contributed by atoms with van der Waals surface area (Å²) in [5.41, 5.74) is 0.430. The first-order valence-corrected chi connectivity index (χ1v) is 8.87. The number of halogens is 2. The van der Waals surface area contributed by atoms with E-state index in [1.165, 1.54) is 50.4 Å². The fourth-order valence-corrected chi connectivity index (χ4v) is 3.19. The van der Waals surface area contributed by atoms with Crippen LogP contribution in [0.2, 0.25) is 10.0 Å². The Kier molecular flexibility index (Phi) is 5.58. The molecule has 2 N–H and O–H groups in total. The standard InChI is InChI=1S/C15H14Cl2N2O4S/c1-9(13-7-10(16)8-14(17)15(13)20)18-19-24(21,22)12-5-3-11(23-2)4-6-12/h3-8,19-20H,1-2H3/b18-9-. The van der Waals surface area contributed by atoms with Crippen LogP contribution < -0.4 is 9.57 Å². The summed E-state index contributed by atoms with van der Waals surface area (Å²) in [7, 11) is -2.38. The molecule has 0 spiro atoms. The Bertz CT molecular complexity index is 881. The largest absolute Gasteiger partial charge is 0.506 e. The highest BCUT2D eigenvalue weighted by atomic mass is 35.5. The lowest BCUT2D eigenvalue weighted by atomic mass is 10.1. The molecule has 2 aromatic carbocycles. The zero-order valence-electron chi connectivity index (χ0n) is 12.7. The lowest BCUT2D eigenvalue weighted by Gasteiger charge is -2.08. The molecule has 0 aliphatic rings. The third-order valence-electron chi connectivity index (χ3n) is 3.12. The second kappa shape index (κ2) is 7.29. The van der Waals surface area contributed by atoms with Crippen LogP contribution >= 0.6 is 23.2 Å². The summed E-state index contributed by atoms with van der Waals surface area (Å²) in [6.07, 6.45) is 0. The van der Waals surface area contributed by atoms with E-state index in [2.05, 4.69) is 9.93 Å². The molecule has 0 amide bonds. The van der Waals surface area contributed by atoms with Crippen LogP contribution in [0, 0.1) is 0 Å². The smallest absolute Gasteiger partial charge is 0.276 e. The maximum atomic E-state index is 12.2. The van der Waals surface area contributed by atoms with E-state index < -0.39 is 10.0 Å². The Morgan fingerprint density at radius 1 is 1.21 bits per heavy atom. The second-order valence-electron chi connectivity index (χ2n) is 4.75. The van der Waals surface area contributed by atoms with Crippen molar-refractivity contribution in [2.75, 3.05) is 7.11 Å². The Morgan fingerprint density at radius 3 is 2.42 bits per heavy atom. The van der Waals surface area contributed by atoms with Gasteiger partial charge in [0, 0.05) is 10.6 Å². The van der Waals surface area contributed by atoms with Crippen LogP contribution in [0.1, 0.15) is 12.5 Å². The molecule has 0 unspecified atom stereocenters. The predicted octanol–water partition coefficient (Wildman–Crippen LogP) is 3.41. The number of phenolic OH excluding ortho intramolecular Hbond substituents is 1. The number of rotatable bonds is 5. The maximum absolute atomic E-state index is 12.2. The van der Waals surface area contributed by atoms with Crippen molar-refractivity contribution in [1.29, 1.82) is 0 Å². The first-order valence-electron chi connectivity index (χ1n) is 6.63. The third kappa shape index (κ3) is 4.11. The molecule has 0 aromatic heterocycles. The van der Waals surface area contributed by atoms with Crippen molar-refractivity contribution in [2.24, 2.45) is 5.10 Å². The number of benzene rings is 2. The number of hydrazone groups is 1. The molecule has 6 nitrogen and oxygen atoms in total. The van der Waals surface area contributed by atoms with Gasteiger partial charge < -0.3 is 9.84 Å². The third-order valence-corrected chi connectivity index (χ3v) is 4.85. The monoisotopic (exact) mass is 388 g/mol. The Hall–Kier alpha value is -1.96. The van der Waals surface area contributed by atoms with E-state index in [1.807, 2.05) is 0 Å². The molecule has 0 bridgehead atoms. The first kappa shape index (κ1) is 18.4. The van der Waals surface area contributed by atoms with Crippen LogP contribution in [0.15, 0.2) is 46.4 Å². The number of nitrogens with one attached hydrogen (secondary N) is 1. The van der Waals surface area contributed by atoms with Gasteiger partial charge in [0.25, 0.3) is 10.0 Å². The minimum absolute atomic E-state index is 0.0215. The van der Waals surface area contributed by atoms with Crippen molar-refractivity contribution < 1.29 is 18.3 Å². The highest BCUT2D eigenvalue weighted by Crippen LogP contribution is 2.31. The summed E-state index contributed by atoms with van der Waals surface area (Å²) in [4.78, 5) is 2.12. The normalized spacial score (nSPS) is 12.1. The molecule has 9 heteroatoms. The van der Waals surface area contributed by atoms with Crippen molar-refractivity contribution in [3.05, 3.63) is 52.0 Å². The molecule has 0 fully saturated rings. The van der Waals surface area contributed by atoms with E-state index in [1.54, 1.807) is 0 Å². The molecule has 0 aliphatic heterocycles. The molecule has 0 aliphatic carbocycles. The van der Waals surface area contributed by atoms with Gasteiger partial charge in [0.05, 0.1) is 22.7 Å². The van der Waals surface area contributed by atoms with E-state index in [0.717, 1.165) is 0 Å². The number of ether oxygens (including phenoxy) is 1. The van der Waals surface area contributed by atoms with E-state index >= 15 is 0 Å². The van der Waals surface area contributed by atoms with E-state index in [4.69, 9.17) is 27.9 Å². The molecular weight excluding hydrogens is 375 g/mol. The molecule has 0 atom stereocenters. The Balaban J connectivity index is 2.28. The summed E-state index contributed by atoms with van der Waals surface area (Å²) in [5.74, 6) is 0.304. The van der Waals surface area contributed by atoms with Crippen molar-refractivity contribution in [3.8, 4) is 11.5 Å². The van der Waals surface area contributed by atoms with Crippen molar-refractivity contribution in [1.82, 2.24) is 4.83 Å². The van der Waals surface area contributed by atoms with Gasteiger partial charge in [0.2, 0.25) is 0 Å². The van der Waals surface area contributed by atoms with Crippen LogP contribution in [0.25, 0.3) is 0 Å². The van der Waals surface area contributed by atoms with Crippen molar-refractivity contribution >= 4 is 38.9 Å². The minimum atomic E-state index is -3.86. The Morgan fingerprint density at radius 2 is 1.83 bits per heavy atom. The summed E-state index contributed by atoms with van der Waals surface area (Å²) in [6.45, 7) is 1.51. The number of hydrogen-bond acceptors (Lipinski definition) is 5. The van der Waals surface area contributed by atoms with Crippen LogP contribution in [-0.4, -0.2) is 26.3 Å². The molecule has 2 rings (SSSR count). The summed E-state index contributed by atoms with van der Waals surface area (Å²) in [5, 5.41) is 14.1. The number of hydrogen-bond donors (Lipinski definition) is 2.